The highest BCUT2D eigenvalue weighted by molar-refractivity contribution is 7.99. The van der Waals surface area contributed by atoms with Crippen LogP contribution in [-0.4, -0.2) is 29.9 Å². The number of fused-ring (bicyclic) bond motifs is 18. The molecule has 550 valence electrons. The van der Waals surface area contributed by atoms with E-state index in [1.54, 1.807) is 0 Å². The summed E-state index contributed by atoms with van der Waals surface area (Å²) in [6.45, 7) is 0. The Hall–Kier alpha value is -14.5. The lowest BCUT2D eigenvalue weighted by Crippen LogP contribution is -2.32. The van der Waals surface area contributed by atoms with Gasteiger partial charge in [-0.3, -0.25) is 0 Å². The Kier molecular flexibility index (Phi) is 16.5. The van der Waals surface area contributed by atoms with Crippen LogP contribution in [0.5, 0.6) is 0 Å². The fourth-order valence-electron chi connectivity index (χ4n) is 18.8. The van der Waals surface area contributed by atoms with Gasteiger partial charge in [0.05, 0.1) is 10.8 Å². The summed E-state index contributed by atoms with van der Waals surface area (Å²) in [6.07, 6.45) is 0. The molecule has 4 heterocycles. The number of hydrogen-bond donors (Lipinski definition) is 0. The maximum absolute atomic E-state index is 5.42. The first kappa shape index (κ1) is 69.0. The molecule has 19 aromatic rings. The zero-order valence-electron chi connectivity index (χ0n) is 63.8. The van der Waals surface area contributed by atoms with Crippen molar-refractivity contribution in [2.45, 2.75) is 30.4 Å². The van der Waals surface area contributed by atoms with Crippen molar-refractivity contribution in [2.24, 2.45) is 0 Å². The van der Waals surface area contributed by atoms with Gasteiger partial charge in [0.25, 0.3) is 0 Å². The molecule has 0 fully saturated rings. The highest BCUT2D eigenvalue weighted by Crippen LogP contribution is 2.65. The summed E-state index contributed by atoms with van der Waals surface area (Å²) in [5, 5.41) is 0. The second-order valence-electron chi connectivity index (χ2n) is 30.7. The molecule has 23 rings (SSSR count). The van der Waals surface area contributed by atoms with Crippen LogP contribution in [0.25, 0.3) is 157 Å². The lowest BCUT2D eigenvalue weighted by atomic mass is 9.66. The first-order valence-electron chi connectivity index (χ1n) is 40.0. The van der Waals surface area contributed by atoms with Crippen molar-refractivity contribution in [3.8, 4) is 157 Å². The first-order valence-corrected chi connectivity index (χ1v) is 41.6. The van der Waals surface area contributed by atoms with Gasteiger partial charge in [0, 0.05) is 53.0 Å². The summed E-state index contributed by atoms with van der Waals surface area (Å²) in [4.78, 5) is 36.0. The Morgan fingerprint density at radius 1 is 0.136 bits per heavy atom. The minimum absolute atomic E-state index is 0.466. The zero-order valence-corrected chi connectivity index (χ0v) is 65.4. The van der Waals surface area contributed by atoms with Crippen molar-refractivity contribution in [1.82, 2.24) is 29.9 Å². The van der Waals surface area contributed by atoms with E-state index in [-0.39, 0.29) is 0 Å². The van der Waals surface area contributed by atoms with Gasteiger partial charge in [-0.2, -0.15) is 0 Å². The molecule has 2 aromatic heterocycles. The third-order valence-electron chi connectivity index (χ3n) is 24.2. The Labute approximate surface area is 693 Å². The molecule has 0 radical (unpaired) electrons. The quantitative estimate of drug-likeness (QED) is 0.120. The van der Waals surface area contributed by atoms with Crippen LogP contribution in [0.2, 0.25) is 0 Å². The largest absolute Gasteiger partial charge is 0.208 e. The van der Waals surface area contributed by atoms with Crippen LogP contribution in [0.3, 0.4) is 0 Å². The summed E-state index contributed by atoms with van der Waals surface area (Å²) in [7, 11) is 0. The van der Waals surface area contributed by atoms with Crippen molar-refractivity contribution >= 4 is 23.5 Å². The third kappa shape index (κ3) is 11.3. The molecule has 2 aliphatic heterocycles. The molecule has 118 heavy (non-hydrogen) atoms. The predicted octanol–water partition coefficient (Wildman–Crippen LogP) is 27.7. The first-order chi connectivity index (χ1) is 58.4. The van der Waals surface area contributed by atoms with E-state index in [0.29, 0.717) is 34.9 Å². The van der Waals surface area contributed by atoms with Gasteiger partial charge in [-0.25, -0.2) is 29.9 Å². The maximum atomic E-state index is 5.42. The highest BCUT2D eigenvalue weighted by atomic mass is 32.2. The van der Waals surface area contributed by atoms with Crippen LogP contribution >= 0.6 is 23.5 Å². The van der Waals surface area contributed by atoms with E-state index in [1.165, 1.54) is 91.9 Å². The van der Waals surface area contributed by atoms with Crippen molar-refractivity contribution in [3.63, 3.8) is 0 Å². The SMILES string of the molecule is c1ccc(-c2nc(-c3ccccc3)nc(-c3ccc(-c4ccc(-c5ccc6c(c5)C5(c7cc(-c8ccccc8-c8cccc(-c9nc(-c%10ccccc%10)nc(-c%10cccc(-c%11cccc(-c%12ccc%13c(c%12)C%12(c%14ccccc%14S%13)c%13ccccc%13-c%13ccccc%13%12)c%11)c%10)n9)c8)ccc7S6)c6ccccc6-c6ccccc65)cc4)cc3)n2)cc1. The van der Waals surface area contributed by atoms with Crippen molar-refractivity contribution in [3.05, 3.63) is 457 Å². The van der Waals surface area contributed by atoms with E-state index in [1.807, 2.05) is 102 Å². The van der Waals surface area contributed by atoms with Gasteiger partial charge < -0.3 is 0 Å². The minimum atomic E-state index is -0.637. The number of hydrogen-bond acceptors (Lipinski definition) is 8. The summed E-state index contributed by atoms with van der Waals surface area (Å²) in [5.74, 6) is 3.70. The molecule has 0 unspecified atom stereocenters. The van der Waals surface area contributed by atoms with Crippen LogP contribution in [-0.2, 0) is 10.8 Å². The van der Waals surface area contributed by atoms with E-state index in [0.717, 1.165) is 94.6 Å². The van der Waals surface area contributed by atoms with Crippen molar-refractivity contribution in [2.75, 3.05) is 0 Å². The normalized spacial score (nSPS) is 13.2. The van der Waals surface area contributed by atoms with E-state index in [4.69, 9.17) is 29.9 Å². The fraction of sp³-hybridized carbons (Fsp3) is 0.0182. The predicted molar refractivity (Wildman–Crippen MR) is 481 cm³/mol. The molecular weight excluding hydrogens is 1470 g/mol. The molecule has 2 aliphatic carbocycles. The van der Waals surface area contributed by atoms with Crippen molar-refractivity contribution < 1.29 is 0 Å². The Balaban J connectivity index is 0.575. The lowest BCUT2D eigenvalue weighted by molar-refractivity contribution is 0.723. The molecule has 17 aromatic carbocycles. The van der Waals surface area contributed by atoms with Crippen LogP contribution < -0.4 is 0 Å². The Morgan fingerprint density at radius 2 is 0.356 bits per heavy atom. The van der Waals surface area contributed by atoms with E-state index in [9.17, 15) is 0 Å². The van der Waals surface area contributed by atoms with Crippen LogP contribution in [0.1, 0.15) is 44.5 Å². The van der Waals surface area contributed by atoms with E-state index in [2.05, 4.69) is 334 Å². The number of aromatic nitrogens is 6. The highest BCUT2D eigenvalue weighted by Gasteiger charge is 2.52. The molecule has 2 spiro atoms. The summed E-state index contributed by atoms with van der Waals surface area (Å²) in [6, 6.07) is 150. The summed E-state index contributed by atoms with van der Waals surface area (Å²) >= 11 is 3.74. The minimum Gasteiger partial charge on any atom is -0.208 e. The van der Waals surface area contributed by atoms with Gasteiger partial charge in [-0.05, 0) is 194 Å². The molecule has 0 saturated carbocycles. The lowest BCUT2D eigenvalue weighted by Gasteiger charge is -2.40. The number of benzene rings is 17. The Morgan fingerprint density at radius 3 is 0.763 bits per heavy atom. The molecular formula is C110H68N6S2. The van der Waals surface area contributed by atoms with Gasteiger partial charge >= 0.3 is 0 Å². The number of nitrogens with zero attached hydrogens (tertiary/aromatic N) is 6. The number of rotatable bonds is 12. The van der Waals surface area contributed by atoms with Crippen molar-refractivity contribution in [1.29, 1.82) is 0 Å². The van der Waals surface area contributed by atoms with Gasteiger partial charge in [0.1, 0.15) is 0 Å². The van der Waals surface area contributed by atoms with E-state index < -0.39 is 10.8 Å². The molecule has 0 amide bonds. The zero-order chi connectivity index (χ0) is 77.8. The van der Waals surface area contributed by atoms with Crippen LogP contribution in [0, 0.1) is 0 Å². The molecule has 0 saturated heterocycles. The van der Waals surface area contributed by atoms with E-state index >= 15 is 0 Å². The molecule has 0 atom stereocenters. The summed E-state index contributed by atoms with van der Waals surface area (Å²) in [5.41, 5.74) is 33.4. The molecule has 4 aliphatic rings. The molecule has 0 bridgehead atoms. The maximum Gasteiger partial charge on any atom is 0.164 e. The average molecular weight is 1540 g/mol. The monoisotopic (exact) mass is 1540 g/mol. The standard InChI is InChI=1S/C110H68N6S2/c1-4-25-72(26-5-1)103-111-104(73-27-6-2-7-28-73)113-106(112-103)75-55-53-70(54-56-75)69-49-51-71(52-50-69)79-57-60-101-97(66-79)110(93-45-18-14-41-89(93)90-42-15-19-46-94(90)110)98-68-82(59-62-102(98)118-101)86-38-11-10-37-85(86)81-34-24-36-84(65-81)108-115-105(74-29-8-3-9-30-74)114-107(116-108)83-35-23-33-78(64-83)76-31-22-32-77(63-76)80-58-61-100-96(67-80)109(95-47-20-21-48-99(95)117-100)91-43-16-12-39-87(91)88-40-13-17-44-92(88)109/h1-68H. The second kappa shape index (κ2) is 28.2. The topological polar surface area (TPSA) is 77.3 Å². The fourth-order valence-corrected chi connectivity index (χ4v) is 21.1. The Bertz CT molecular complexity index is 7100. The van der Waals surface area contributed by atoms with Gasteiger partial charge in [-0.1, -0.05) is 375 Å². The average Bonchev–Trinajstić information content (AvgIpc) is 1.50. The van der Waals surface area contributed by atoms with Gasteiger partial charge in [0.15, 0.2) is 34.9 Å². The smallest absolute Gasteiger partial charge is 0.164 e. The molecule has 8 heteroatoms. The third-order valence-corrected chi connectivity index (χ3v) is 26.5. The van der Waals surface area contributed by atoms with Gasteiger partial charge in [0.2, 0.25) is 0 Å². The van der Waals surface area contributed by atoms with Crippen LogP contribution in [0.4, 0.5) is 0 Å². The van der Waals surface area contributed by atoms with Crippen LogP contribution in [0.15, 0.2) is 432 Å². The molecule has 6 nitrogen and oxygen atoms in total. The molecule has 0 N–H and O–H groups in total. The van der Waals surface area contributed by atoms with Gasteiger partial charge in [-0.15, -0.1) is 0 Å². The second-order valence-corrected chi connectivity index (χ2v) is 32.8. The summed E-state index contributed by atoms with van der Waals surface area (Å²) < 4.78 is 0.